The Labute approximate surface area is 81.2 Å². The first-order chi connectivity index (χ1) is 6.64. The number of carbonyl (C=O) groups is 2. The van der Waals surface area contributed by atoms with Crippen LogP contribution < -0.4 is 0 Å². The maximum atomic E-state index is 13.2. The summed E-state index contributed by atoms with van der Waals surface area (Å²) in [6, 6.07) is 0. The molecular formula is C6H7F3O6. The molecule has 0 aromatic heterocycles. The number of rotatable bonds is 4. The van der Waals surface area contributed by atoms with E-state index in [1.807, 2.05) is 0 Å². The van der Waals surface area contributed by atoms with Crippen LogP contribution in [0.1, 0.15) is 13.3 Å². The highest BCUT2D eigenvalue weighted by atomic mass is 19.3. The monoisotopic (exact) mass is 232 g/mol. The van der Waals surface area contributed by atoms with Crippen LogP contribution in [0.4, 0.5) is 22.8 Å². The SMILES string of the molecule is CCC(F)(OC(=O)O)C(F)(F)OC(=O)O. The maximum Gasteiger partial charge on any atom is 0.510 e. The summed E-state index contributed by atoms with van der Waals surface area (Å²) in [5.74, 6) is -4.04. The minimum atomic E-state index is -4.91. The van der Waals surface area contributed by atoms with Gasteiger partial charge in [-0.05, 0) is 0 Å². The molecule has 15 heavy (non-hydrogen) atoms. The summed E-state index contributed by atoms with van der Waals surface area (Å²) in [6.45, 7) is 0.835. The molecule has 0 aliphatic rings. The standard InChI is InChI=1S/C6H7F3O6/c1-2-5(7,14-3(10)11)6(8,9)15-4(12)13/h2H2,1H3,(H,10,11)(H,12,13). The second kappa shape index (κ2) is 4.24. The van der Waals surface area contributed by atoms with Gasteiger partial charge in [-0.3, -0.25) is 0 Å². The molecule has 0 rings (SSSR count). The Morgan fingerprint density at radius 1 is 1.13 bits per heavy atom. The van der Waals surface area contributed by atoms with Crippen molar-refractivity contribution in [1.82, 2.24) is 0 Å². The highest BCUT2D eigenvalue weighted by Crippen LogP contribution is 2.37. The van der Waals surface area contributed by atoms with Gasteiger partial charge in [0.15, 0.2) is 0 Å². The van der Waals surface area contributed by atoms with Crippen LogP contribution in [0.3, 0.4) is 0 Å². The summed E-state index contributed by atoms with van der Waals surface area (Å²) >= 11 is 0. The summed E-state index contributed by atoms with van der Waals surface area (Å²) < 4.78 is 44.8. The van der Waals surface area contributed by atoms with Crippen molar-refractivity contribution < 1.29 is 42.4 Å². The molecule has 1 atom stereocenters. The number of ether oxygens (including phenoxy) is 2. The van der Waals surface area contributed by atoms with E-state index in [4.69, 9.17) is 10.2 Å². The molecule has 2 N–H and O–H groups in total. The number of hydrogen-bond donors (Lipinski definition) is 2. The molecule has 0 spiro atoms. The molecule has 0 amide bonds. The molecule has 9 heteroatoms. The number of alkyl halides is 3. The van der Waals surface area contributed by atoms with Crippen molar-refractivity contribution in [3.63, 3.8) is 0 Å². The van der Waals surface area contributed by atoms with Crippen molar-refractivity contribution in [2.24, 2.45) is 0 Å². The third-order valence-electron chi connectivity index (χ3n) is 1.35. The van der Waals surface area contributed by atoms with Crippen molar-refractivity contribution in [3.8, 4) is 0 Å². The van der Waals surface area contributed by atoms with Crippen LogP contribution in [0, 0.1) is 0 Å². The lowest BCUT2D eigenvalue weighted by atomic mass is 10.2. The lowest BCUT2D eigenvalue weighted by Crippen LogP contribution is -2.50. The van der Waals surface area contributed by atoms with Gasteiger partial charge in [0.25, 0.3) is 0 Å². The zero-order chi connectivity index (χ0) is 12.3. The molecule has 0 bridgehead atoms. The molecule has 88 valence electrons. The van der Waals surface area contributed by atoms with Gasteiger partial charge in [0.2, 0.25) is 0 Å². The summed E-state index contributed by atoms with van der Waals surface area (Å²) in [4.78, 5) is 19.7. The second-order valence-corrected chi connectivity index (χ2v) is 2.33. The Morgan fingerprint density at radius 2 is 1.53 bits per heavy atom. The Kier molecular flexibility index (Phi) is 3.76. The molecule has 1 unspecified atom stereocenters. The molecule has 0 saturated heterocycles. The predicted molar refractivity (Wildman–Crippen MR) is 37.3 cm³/mol. The van der Waals surface area contributed by atoms with Crippen molar-refractivity contribution in [3.05, 3.63) is 0 Å². The van der Waals surface area contributed by atoms with E-state index in [9.17, 15) is 22.8 Å². The van der Waals surface area contributed by atoms with Gasteiger partial charge in [-0.25, -0.2) is 9.59 Å². The maximum absolute atomic E-state index is 13.2. The minimum Gasteiger partial charge on any atom is -0.450 e. The summed E-state index contributed by atoms with van der Waals surface area (Å²) in [6.07, 6.45) is -10.8. The number of hydrogen-bond acceptors (Lipinski definition) is 4. The van der Waals surface area contributed by atoms with E-state index in [0.717, 1.165) is 6.92 Å². The van der Waals surface area contributed by atoms with Gasteiger partial charge in [0.1, 0.15) is 0 Å². The van der Waals surface area contributed by atoms with Gasteiger partial charge >= 0.3 is 24.3 Å². The van der Waals surface area contributed by atoms with Gasteiger partial charge in [-0.2, -0.15) is 13.2 Å². The van der Waals surface area contributed by atoms with E-state index in [2.05, 4.69) is 9.47 Å². The second-order valence-electron chi connectivity index (χ2n) is 2.33. The van der Waals surface area contributed by atoms with Crippen LogP contribution in [-0.4, -0.2) is 34.5 Å². The number of halogens is 3. The lowest BCUT2D eigenvalue weighted by Gasteiger charge is -2.28. The van der Waals surface area contributed by atoms with Crippen LogP contribution in [0.2, 0.25) is 0 Å². The first-order valence-electron chi connectivity index (χ1n) is 3.55. The van der Waals surface area contributed by atoms with Crippen LogP contribution in [0.15, 0.2) is 0 Å². The summed E-state index contributed by atoms with van der Waals surface area (Å²) in [7, 11) is 0. The van der Waals surface area contributed by atoms with E-state index in [1.165, 1.54) is 0 Å². The Morgan fingerprint density at radius 3 is 1.80 bits per heavy atom. The van der Waals surface area contributed by atoms with Crippen LogP contribution >= 0.6 is 0 Å². The minimum absolute atomic E-state index is 0.835. The molecule has 0 aliphatic carbocycles. The predicted octanol–water partition coefficient (Wildman–Crippen LogP) is 2.04. The first kappa shape index (κ1) is 13.3. The Balaban J connectivity index is 4.90. The fraction of sp³-hybridized carbons (Fsp3) is 0.667. The van der Waals surface area contributed by atoms with Crippen molar-refractivity contribution in [2.75, 3.05) is 0 Å². The van der Waals surface area contributed by atoms with E-state index in [1.54, 1.807) is 0 Å². The van der Waals surface area contributed by atoms with E-state index in [0.29, 0.717) is 0 Å². The molecule has 0 aromatic rings. The van der Waals surface area contributed by atoms with Crippen molar-refractivity contribution >= 4 is 12.3 Å². The largest absolute Gasteiger partial charge is 0.510 e. The highest BCUT2D eigenvalue weighted by Gasteiger charge is 2.61. The quantitative estimate of drug-likeness (QED) is 0.720. The fourth-order valence-corrected chi connectivity index (χ4v) is 0.662. The van der Waals surface area contributed by atoms with Gasteiger partial charge in [-0.1, -0.05) is 6.92 Å². The zero-order valence-corrected chi connectivity index (χ0v) is 7.37. The molecule has 0 radical (unpaired) electrons. The van der Waals surface area contributed by atoms with Crippen LogP contribution in [-0.2, 0) is 9.47 Å². The molecule has 0 aliphatic heterocycles. The van der Waals surface area contributed by atoms with Gasteiger partial charge in [-0.15, -0.1) is 0 Å². The molecule has 0 fully saturated rings. The molecule has 6 nitrogen and oxygen atoms in total. The van der Waals surface area contributed by atoms with Gasteiger partial charge < -0.3 is 19.7 Å². The average molecular weight is 232 g/mol. The van der Waals surface area contributed by atoms with E-state index < -0.39 is 30.7 Å². The molecule has 0 saturated carbocycles. The van der Waals surface area contributed by atoms with Gasteiger partial charge in [0, 0.05) is 6.42 Å². The first-order valence-corrected chi connectivity index (χ1v) is 3.55. The zero-order valence-electron chi connectivity index (χ0n) is 7.37. The third-order valence-corrected chi connectivity index (χ3v) is 1.35. The fourth-order valence-electron chi connectivity index (χ4n) is 0.662. The Bertz CT molecular complexity index is 268. The average Bonchev–Trinajstić information content (AvgIpc) is 2.00. The molecule has 0 heterocycles. The molecule has 0 aromatic carbocycles. The summed E-state index contributed by atoms with van der Waals surface area (Å²) in [5.41, 5.74) is 0. The van der Waals surface area contributed by atoms with Crippen molar-refractivity contribution in [1.29, 1.82) is 0 Å². The van der Waals surface area contributed by atoms with Crippen LogP contribution in [0.25, 0.3) is 0 Å². The van der Waals surface area contributed by atoms with Crippen LogP contribution in [0.5, 0.6) is 0 Å². The topological polar surface area (TPSA) is 93.1 Å². The smallest absolute Gasteiger partial charge is 0.450 e. The van der Waals surface area contributed by atoms with Crippen molar-refractivity contribution in [2.45, 2.75) is 25.3 Å². The third kappa shape index (κ3) is 3.18. The normalized spacial score (nSPS) is 15.2. The lowest BCUT2D eigenvalue weighted by molar-refractivity contribution is -0.352. The highest BCUT2D eigenvalue weighted by molar-refractivity contribution is 5.58. The van der Waals surface area contributed by atoms with Gasteiger partial charge in [0.05, 0.1) is 0 Å². The molecular weight excluding hydrogens is 225 g/mol. The van der Waals surface area contributed by atoms with E-state index >= 15 is 0 Å². The Hall–Kier alpha value is -1.67. The van der Waals surface area contributed by atoms with E-state index in [-0.39, 0.29) is 0 Å². The number of carboxylic acid groups (broad SMARTS) is 2. The summed E-state index contributed by atoms with van der Waals surface area (Å²) in [5, 5.41) is 15.8.